The van der Waals surface area contributed by atoms with E-state index in [4.69, 9.17) is 0 Å². The van der Waals surface area contributed by atoms with Crippen LogP contribution in [0.25, 0.3) is 5.69 Å². The molecule has 0 aliphatic heterocycles. The van der Waals surface area contributed by atoms with Crippen molar-refractivity contribution >= 4 is 15.7 Å². The molecule has 160 valence electrons. The maximum absolute atomic E-state index is 13.1. The highest BCUT2D eigenvalue weighted by Crippen LogP contribution is 2.36. The summed E-state index contributed by atoms with van der Waals surface area (Å²) in [5.41, 5.74) is -2.77. The fraction of sp³-hybridized carbons (Fsp3) is 0.167. The summed E-state index contributed by atoms with van der Waals surface area (Å²) in [5.74, 6) is 0. The van der Waals surface area contributed by atoms with Gasteiger partial charge in [-0.3, -0.25) is 4.72 Å². The van der Waals surface area contributed by atoms with Gasteiger partial charge in [-0.05, 0) is 43.3 Å². The smallest absolute Gasteiger partial charge is 0.280 e. The van der Waals surface area contributed by atoms with Gasteiger partial charge in [-0.25, -0.2) is 13.1 Å². The minimum Gasteiger partial charge on any atom is -0.280 e. The molecule has 0 spiro atoms. The standard InChI is InChI=1S/C18H13F6N3O2S/c1-11-2-8-14(9-3-11)30(28,29)26-12-4-6-13(7-5-12)27-16(18(22,23)24)10-15(25-27)17(19,20)21/h2-10,26H,1H3. The third kappa shape index (κ3) is 4.58. The molecular weight excluding hydrogens is 436 g/mol. The third-order valence-electron chi connectivity index (χ3n) is 3.99. The van der Waals surface area contributed by atoms with Crippen LogP contribution < -0.4 is 4.72 Å². The Morgan fingerprint density at radius 2 is 1.43 bits per heavy atom. The van der Waals surface area contributed by atoms with E-state index in [9.17, 15) is 34.8 Å². The van der Waals surface area contributed by atoms with Gasteiger partial charge in [-0.2, -0.15) is 31.4 Å². The van der Waals surface area contributed by atoms with Gasteiger partial charge in [0.1, 0.15) is 5.69 Å². The highest BCUT2D eigenvalue weighted by atomic mass is 32.2. The molecule has 0 radical (unpaired) electrons. The Bertz CT molecular complexity index is 1150. The van der Waals surface area contributed by atoms with Crippen molar-refractivity contribution in [2.45, 2.75) is 24.2 Å². The molecule has 1 N–H and O–H groups in total. The molecule has 3 rings (SSSR count). The molecule has 2 aromatic carbocycles. The molecule has 3 aromatic rings. The highest BCUT2D eigenvalue weighted by Gasteiger charge is 2.42. The molecule has 0 saturated carbocycles. The number of nitrogens with one attached hydrogen (secondary N) is 1. The average molecular weight is 449 g/mol. The number of anilines is 1. The second kappa shape index (κ2) is 7.35. The second-order valence-electron chi connectivity index (χ2n) is 6.29. The van der Waals surface area contributed by atoms with Crippen LogP contribution in [0.15, 0.2) is 59.5 Å². The van der Waals surface area contributed by atoms with Gasteiger partial charge in [0.2, 0.25) is 0 Å². The number of nitrogens with zero attached hydrogens (tertiary/aromatic N) is 2. The number of benzene rings is 2. The molecule has 12 heteroatoms. The van der Waals surface area contributed by atoms with Crippen molar-refractivity contribution in [3.8, 4) is 5.69 Å². The zero-order valence-electron chi connectivity index (χ0n) is 15.1. The van der Waals surface area contributed by atoms with Gasteiger partial charge in [0, 0.05) is 11.8 Å². The molecular formula is C18H13F6N3O2S. The Balaban J connectivity index is 1.93. The fourth-order valence-electron chi connectivity index (χ4n) is 2.52. The van der Waals surface area contributed by atoms with Crippen molar-refractivity contribution in [3.63, 3.8) is 0 Å². The summed E-state index contributed by atoms with van der Waals surface area (Å²) in [5, 5.41) is 3.01. The van der Waals surface area contributed by atoms with Crippen molar-refractivity contribution in [1.82, 2.24) is 9.78 Å². The summed E-state index contributed by atoms with van der Waals surface area (Å²) in [7, 11) is -3.96. The van der Waals surface area contributed by atoms with Crippen LogP contribution in [0.3, 0.4) is 0 Å². The number of aromatic nitrogens is 2. The number of rotatable bonds is 4. The SMILES string of the molecule is Cc1ccc(S(=O)(=O)Nc2ccc(-n3nc(C(F)(F)F)cc3C(F)(F)F)cc2)cc1. The zero-order chi connectivity index (χ0) is 22.3. The van der Waals surface area contributed by atoms with E-state index in [-0.39, 0.29) is 27.0 Å². The third-order valence-corrected chi connectivity index (χ3v) is 5.38. The van der Waals surface area contributed by atoms with E-state index in [1.54, 1.807) is 19.1 Å². The van der Waals surface area contributed by atoms with E-state index >= 15 is 0 Å². The number of aryl methyl sites for hydroxylation is 1. The average Bonchev–Trinajstić information content (AvgIpc) is 3.09. The number of hydrogen-bond acceptors (Lipinski definition) is 3. The van der Waals surface area contributed by atoms with E-state index in [0.29, 0.717) is 0 Å². The molecule has 30 heavy (non-hydrogen) atoms. The predicted molar refractivity (Wildman–Crippen MR) is 95.6 cm³/mol. The van der Waals surface area contributed by atoms with Crippen LogP contribution in [0.4, 0.5) is 32.0 Å². The maximum atomic E-state index is 13.1. The molecule has 0 saturated heterocycles. The van der Waals surface area contributed by atoms with Crippen molar-refractivity contribution in [3.05, 3.63) is 71.5 Å². The van der Waals surface area contributed by atoms with E-state index in [2.05, 4.69) is 9.82 Å². The van der Waals surface area contributed by atoms with Crippen molar-refractivity contribution < 1.29 is 34.8 Å². The molecule has 0 atom stereocenters. The van der Waals surface area contributed by atoms with Gasteiger partial charge in [0.05, 0.1) is 10.6 Å². The minimum absolute atomic E-state index is 0.0103. The Morgan fingerprint density at radius 1 is 0.867 bits per heavy atom. The monoisotopic (exact) mass is 449 g/mol. The molecule has 1 heterocycles. The van der Waals surface area contributed by atoms with Gasteiger partial charge in [-0.15, -0.1) is 0 Å². The minimum atomic E-state index is -5.08. The van der Waals surface area contributed by atoms with Crippen LogP contribution in [-0.2, 0) is 22.4 Å². The van der Waals surface area contributed by atoms with Gasteiger partial charge in [0.25, 0.3) is 10.0 Å². The summed E-state index contributed by atoms with van der Waals surface area (Å²) in [6.45, 7) is 1.78. The molecule has 0 aliphatic carbocycles. The van der Waals surface area contributed by atoms with E-state index in [0.717, 1.165) is 29.8 Å². The summed E-state index contributed by atoms with van der Waals surface area (Å²) in [6, 6.07) is 10.1. The highest BCUT2D eigenvalue weighted by molar-refractivity contribution is 7.92. The molecule has 0 fully saturated rings. The number of sulfonamides is 1. The van der Waals surface area contributed by atoms with Crippen LogP contribution in [0.2, 0.25) is 0 Å². The lowest BCUT2D eigenvalue weighted by Crippen LogP contribution is -2.14. The van der Waals surface area contributed by atoms with Crippen LogP contribution in [-0.4, -0.2) is 18.2 Å². The quantitative estimate of drug-likeness (QED) is 0.569. The van der Waals surface area contributed by atoms with E-state index < -0.39 is 33.8 Å². The summed E-state index contributed by atoms with van der Waals surface area (Å²) in [6.07, 6.45) is -10.1. The maximum Gasteiger partial charge on any atom is 0.435 e. The first-order chi connectivity index (χ1) is 13.8. The van der Waals surface area contributed by atoms with Crippen LogP contribution in [0.5, 0.6) is 0 Å². The predicted octanol–water partition coefficient (Wildman–Crippen LogP) is 5.02. The lowest BCUT2D eigenvalue weighted by molar-refractivity contribution is -0.143. The van der Waals surface area contributed by atoms with Gasteiger partial charge in [0.15, 0.2) is 5.69 Å². The summed E-state index contributed by atoms with van der Waals surface area (Å²) in [4.78, 5) is -0.0292. The first kappa shape index (κ1) is 21.7. The van der Waals surface area contributed by atoms with E-state index in [1.807, 2.05) is 0 Å². The zero-order valence-corrected chi connectivity index (χ0v) is 15.9. The molecule has 0 amide bonds. The van der Waals surface area contributed by atoms with Crippen molar-refractivity contribution in [2.75, 3.05) is 4.72 Å². The number of halogens is 6. The molecule has 0 bridgehead atoms. The van der Waals surface area contributed by atoms with Crippen molar-refractivity contribution in [2.24, 2.45) is 0 Å². The van der Waals surface area contributed by atoms with Gasteiger partial charge in [-0.1, -0.05) is 17.7 Å². The lowest BCUT2D eigenvalue weighted by Gasteiger charge is -2.12. The summed E-state index contributed by atoms with van der Waals surface area (Å²) < 4.78 is 105. The lowest BCUT2D eigenvalue weighted by atomic mass is 10.2. The Hall–Kier alpha value is -3.02. The number of hydrogen-bond donors (Lipinski definition) is 1. The Kier molecular flexibility index (Phi) is 5.31. The fourth-order valence-corrected chi connectivity index (χ4v) is 3.58. The van der Waals surface area contributed by atoms with Crippen LogP contribution in [0, 0.1) is 6.92 Å². The molecule has 0 unspecified atom stereocenters. The van der Waals surface area contributed by atoms with Crippen molar-refractivity contribution in [1.29, 1.82) is 0 Å². The topological polar surface area (TPSA) is 64.0 Å². The normalized spacial score (nSPS) is 12.8. The largest absolute Gasteiger partial charge is 0.435 e. The molecule has 5 nitrogen and oxygen atoms in total. The number of alkyl halides is 6. The van der Waals surface area contributed by atoms with E-state index in [1.165, 1.54) is 12.1 Å². The van der Waals surface area contributed by atoms with Crippen LogP contribution in [0.1, 0.15) is 17.0 Å². The first-order valence-corrected chi connectivity index (χ1v) is 9.70. The Labute approximate surface area is 167 Å². The van der Waals surface area contributed by atoms with Gasteiger partial charge >= 0.3 is 12.4 Å². The van der Waals surface area contributed by atoms with Crippen LogP contribution >= 0.6 is 0 Å². The molecule has 0 aliphatic rings. The second-order valence-corrected chi connectivity index (χ2v) is 7.97. The Morgan fingerprint density at radius 3 is 1.93 bits per heavy atom. The molecule has 1 aromatic heterocycles. The van der Waals surface area contributed by atoms with Gasteiger partial charge < -0.3 is 0 Å². The summed E-state index contributed by atoms with van der Waals surface area (Å²) >= 11 is 0. The first-order valence-electron chi connectivity index (χ1n) is 8.22.